The highest BCUT2D eigenvalue weighted by Crippen LogP contribution is 2.31. The van der Waals surface area contributed by atoms with Crippen LogP contribution in [0, 0.1) is 0 Å². The van der Waals surface area contributed by atoms with E-state index in [1.807, 2.05) is 0 Å². The monoisotopic (exact) mass is 224 g/mol. The summed E-state index contributed by atoms with van der Waals surface area (Å²) in [5.41, 5.74) is 0. The predicted octanol–water partition coefficient (Wildman–Crippen LogP) is 3.54. The zero-order valence-corrected chi connectivity index (χ0v) is 11.6. The molecule has 1 atom stereocenters. The zero-order valence-electron chi connectivity index (χ0n) is 8.86. The van der Waals surface area contributed by atoms with Gasteiger partial charge in [-0.3, -0.25) is 0 Å². The minimum absolute atomic E-state index is 0.397. The molecule has 74 valence electrons. The molecule has 0 N–H and O–H groups in total. The standard InChI is InChI=1S/C9H21ClSSi/c1-9(2,3)11-8(6-7-10)12(4)5/h8,12H,6-7H2,1-5H3. The molecule has 0 heterocycles. The lowest BCUT2D eigenvalue weighted by molar-refractivity contribution is 0.796. The van der Waals surface area contributed by atoms with E-state index < -0.39 is 8.80 Å². The Balaban J connectivity index is 3.95. The van der Waals surface area contributed by atoms with Crippen molar-refractivity contribution >= 4 is 32.2 Å². The molecule has 1 unspecified atom stereocenters. The molecule has 0 aromatic rings. The molecule has 0 saturated heterocycles. The van der Waals surface area contributed by atoms with Crippen LogP contribution in [0.5, 0.6) is 0 Å². The van der Waals surface area contributed by atoms with Crippen molar-refractivity contribution in [1.82, 2.24) is 0 Å². The Morgan fingerprint density at radius 1 is 1.33 bits per heavy atom. The van der Waals surface area contributed by atoms with Crippen LogP contribution < -0.4 is 0 Å². The summed E-state index contributed by atoms with van der Waals surface area (Å²) >= 11 is 7.89. The van der Waals surface area contributed by atoms with Gasteiger partial charge in [0.2, 0.25) is 0 Å². The summed E-state index contributed by atoms with van der Waals surface area (Å²) in [6.07, 6.45) is 1.19. The Morgan fingerprint density at radius 2 is 1.83 bits per heavy atom. The van der Waals surface area contributed by atoms with Crippen molar-refractivity contribution in [1.29, 1.82) is 0 Å². The van der Waals surface area contributed by atoms with Gasteiger partial charge in [-0.05, 0) is 11.3 Å². The third-order valence-corrected chi connectivity index (χ3v) is 6.97. The van der Waals surface area contributed by atoms with E-state index in [2.05, 4.69) is 45.6 Å². The predicted molar refractivity (Wildman–Crippen MR) is 65.3 cm³/mol. The molecule has 0 aliphatic rings. The molecule has 0 nitrogen and oxygen atoms in total. The molecule has 0 radical (unpaired) electrons. The highest BCUT2D eigenvalue weighted by atomic mass is 35.5. The van der Waals surface area contributed by atoms with Gasteiger partial charge in [-0.1, -0.05) is 33.9 Å². The molecule has 0 saturated carbocycles. The number of halogens is 1. The van der Waals surface area contributed by atoms with Gasteiger partial charge in [0.1, 0.15) is 0 Å². The Morgan fingerprint density at radius 3 is 2.08 bits per heavy atom. The first-order chi connectivity index (χ1) is 5.37. The Kier molecular flexibility index (Phi) is 5.96. The summed E-state index contributed by atoms with van der Waals surface area (Å²) in [6.45, 7) is 11.7. The molecule has 0 aromatic heterocycles. The Bertz CT molecular complexity index is 120. The maximum Gasteiger partial charge on any atom is 0.0458 e. The number of hydrogen-bond acceptors (Lipinski definition) is 1. The van der Waals surface area contributed by atoms with Crippen LogP contribution >= 0.6 is 23.4 Å². The molecule has 0 aliphatic carbocycles. The quantitative estimate of drug-likeness (QED) is 0.520. The van der Waals surface area contributed by atoms with Gasteiger partial charge in [-0.15, -0.1) is 11.6 Å². The van der Waals surface area contributed by atoms with Crippen molar-refractivity contribution in [3.8, 4) is 0 Å². The lowest BCUT2D eigenvalue weighted by Gasteiger charge is -2.27. The van der Waals surface area contributed by atoms with Crippen molar-refractivity contribution in [3.05, 3.63) is 0 Å². The number of hydrogen-bond donors (Lipinski definition) is 0. The lowest BCUT2D eigenvalue weighted by Crippen LogP contribution is -2.27. The lowest BCUT2D eigenvalue weighted by atomic mass is 10.3. The van der Waals surface area contributed by atoms with Crippen molar-refractivity contribution in [3.63, 3.8) is 0 Å². The first kappa shape index (κ1) is 12.9. The molecule has 0 fully saturated rings. The first-order valence-electron chi connectivity index (χ1n) is 4.60. The molecule has 3 heteroatoms. The summed E-state index contributed by atoms with van der Waals surface area (Å²) in [4.78, 5) is 0.850. The number of thioether (sulfide) groups is 1. The fraction of sp³-hybridized carbons (Fsp3) is 1.00. The fourth-order valence-electron chi connectivity index (χ4n) is 1.09. The van der Waals surface area contributed by atoms with Crippen molar-refractivity contribution in [2.24, 2.45) is 0 Å². The summed E-state index contributed by atoms with van der Waals surface area (Å²) in [5, 5.41) is 0. The largest absolute Gasteiger partial charge is 0.156 e. The van der Waals surface area contributed by atoms with Crippen LogP contribution in [0.25, 0.3) is 0 Å². The number of rotatable bonds is 4. The molecular formula is C9H21ClSSi. The minimum atomic E-state index is -0.524. The van der Waals surface area contributed by atoms with Gasteiger partial charge in [0, 0.05) is 19.4 Å². The Labute approximate surface area is 88.1 Å². The maximum atomic E-state index is 5.78. The van der Waals surface area contributed by atoms with E-state index in [4.69, 9.17) is 11.6 Å². The molecule has 0 rings (SSSR count). The summed E-state index contributed by atoms with van der Waals surface area (Å²) < 4.78 is 0.397. The number of alkyl halides is 1. The molecule has 0 aliphatic heterocycles. The summed E-state index contributed by atoms with van der Waals surface area (Å²) in [6, 6.07) is 0. The second kappa shape index (κ2) is 5.56. The van der Waals surface area contributed by atoms with Crippen LogP contribution in [0.1, 0.15) is 27.2 Å². The van der Waals surface area contributed by atoms with E-state index in [-0.39, 0.29) is 0 Å². The van der Waals surface area contributed by atoms with Gasteiger partial charge < -0.3 is 0 Å². The maximum absolute atomic E-state index is 5.78. The Hall–Kier alpha value is 0.857. The van der Waals surface area contributed by atoms with Crippen LogP contribution in [0.15, 0.2) is 0 Å². The molecule has 0 spiro atoms. The fourth-order valence-corrected chi connectivity index (χ4v) is 5.96. The summed E-state index contributed by atoms with van der Waals surface area (Å²) in [5.74, 6) is 0.818. The average molecular weight is 225 g/mol. The zero-order chi connectivity index (χ0) is 9.78. The van der Waals surface area contributed by atoms with Crippen molar-refractivity contribution < 1.29 is 0 Å². The van der Waals surface area contributed by atoms with Gasteiger partial charge in [0.25, 0.3) is 0 Å². The van der Waals surface area contributed by atoms with Crippen LogP contribution in [-0.4, -0.2) is 24.3 Å². The second-order valence-electron chi connectivity index (χ2n) is 4.49. The molecule has 0 amide bonds. The van der Waals surface area contributed by atoms with Crippen molar-refractivity contribution in [2.75, 3.05) is 5.88 Å². The topological polar surface area (TPSA) is 0 Å². The van der Waals surface area contributed by atoms with Crippen LogP contribution in [-0.2, 0) is 0 Å². The van der Waals surface area contributed by atoms with E-state index in [0.717, 1.165) is 10.8 Å². The molecule has 12 heavy (non-hydrogen) atoms. The minimum Gasteiger partial charge on any atom is -0.156 e. The van der Waals surface area contributed by atoms with Crippen LogP contribution in [0.2, 0.25) is 13.1 Å². The van der Waals surface area contributed by atoms with Crippen molar-refractivity contribution in [2.45, 2.75) is 49.9 Å². The van der Waals surface area contributed by atoms with Crippen LogP contribution in [0.3, 0.4) is 0 Å². The third kappa shape index (κ3) is 6.38. The normalized spacial score (nSPS) is 15.2. The van der Waals surface area contributed by atoms with Gasteiger partial charge in [-0.2, -0.15) is 11.8 Å². The second-order valence-corrected chi connectivity index (χ2v) is 10.7. The molecule has 0 aromatic carbocycles. The SMILES string of the molecule is C[SiH](C)C(CCCl)SC(C)(C)C. The van der Waals surface area contributed by atoms with Crippen LogP contribution in [0.4, 0.5) is 0 Å². The van der Waals surface area contributed by atoms with E-state index in [9.17, 15) is 0 Å². The van der Waals surface area contributed by atoms with E-state index in [1.54, 1.807) is 0 Å². The molecular weight excluding hydrogens is 204 g/mol. The average Bonchev–Trinajstić information content (AvgIpc) is 1.83. The van der Waals surface area contributed by atoms with Gasteiger partial charge >= 0.3 is 0 Å². The van der Waals surface area contributed by atoms with E-state index >= 15 is 0 Å². The summed E-state index contributed by atoms with van der Waals surface area (Å²) in [7, 11) is -0.524. The van der Waals surface area contributed by atoms with E-state index in [0.29, 0.717) is 4.75 Å². The van der Waals surface area contributed by atoms with Gasteiger partial charge in [-0.25, -0.2) is 0 Å². The molecule has 0 bridgehead atoms. The van der Waals surface area contributed by atoms with Gasteiger partial charge in [0.15, 0.2) is 0 Å². The first-order valence-corrected chi connectivity index (χ1v) is 8.99. The smallest absolute Gasteiger partial charge is 0.0458 e. The van der Waals surface area contributed by atoms with Gasteiger partial charge in [0.05, 0.1) is 0 Å². The third-order valence-electron chi connectivity index (χ3n) is 1.64. The highest BCUT2D eigenvalue weighted by Gasteiger charge is 2.21. The highest BCUT2D eigenvalue weighted by molar-refractivity contribution is 8.02. The van der Waals surface area contributed by atoms with E-state index in [1.165, 1.54) is 6.42 Å².